The Bertz CT molecular complexity index is 813. The Labute approximate surface area is 141 Å². The maximum atomic E-state index is 12.6. The van der Waals surface area contributed by atoms with Gasteiger partial charge >= 0.3 is 6.36 Å². The molecule has 1 N–H and O–H groups in total. The second-order valence-electron chi connectivity index (χ2n) is 6.74. The number of fused-ring (bicyclic) bond motifs is 1. The molecule has 0 unspecified atom stereocenters. The zero-order valence-electron chi connectivity index (χ0n) is 13.5. The van der Waals surface area contributed by atoms with Crippen molar-refractivity contribution in [3.63, 3.8) is 0 Å². The van der Waals surface area contributed by atoms with Gasteiger partial charge in [0.2, 0.25) is 5.88 Å². The molecular weight excluding hydrogens is 337 g/mol. The van der Waals surface area contributed by atoms with E-state index in [1.54, 1.807) is 6.92 Å². The molecule has 9 heteroatoms. The summed E-state index contributed by atoms with van der Waals surface area (Å²) in [4.78, 5) is 20.5. The quantitative estimate of drug-likeness (QED) is 0.897. The topological polar surface area (TPSA) is 68.5 Å². The van der Waals surface area contributed by atoms with E-state index >= 15 is 0 Å². The van der Waals surface area contributed by atoms with E-state index in [-0.39, 0.29) is 17.4 Å². The number of hydrogen-bond donors (Lipinski definition) is 1. The molecule has 2 fully saturated rings. The second kappa shape index (κ2) is 5.60. The normalized spacial score (nSPS) is 18.0. The molecule has 6 nitrogen and oxygen atoms in total. The number of halogens is 3. The molecule has 0 saturated heterocycles. The predicted octanol–water partition coefficient (Wildman–Crippen LogP) is 2.85. The summed E-state index contributed by atoms with van der Waals surface area (Å²) in [5, 5.41) is 3.00. The number of carbonyl (C=O) groups excluding carboxylic acids is 1. The number of alkyl halides is 3. The van der Waals surface area contributed by atoms with Gasteiger partial charge in [-0.2, -0.15) is 4.98 Å². The lowest BCUT2D eigenvalue weighted by atomic mass is 10.1. The summed E-state index contributed by atoms with van der Waals surface area (Å²) in [6.07, 6.45) is 0.952. The van der Waals surface area contributed by atoms with E-state index in [1.807, 2.05) is 0 Å². The fourth-order valence-electron chi connectivity index (χ4n) is 3.17. The molecule has 25 heavy (non-hydrogen) atoms. The number of aryl methyl sites for hydroxylation is 1. The molecule has 2 saturated carbocycles. The number of imidazole rings is 1. The van der Waals surface area contributed by atoms with Crippen LogP contribution in [0.4, 0.5) is 13.2 Å². The van der Waals surface area contributed by atoms with Crippen molar-refractivity contribution in [2.45, 2.75) is 45.0 Å². The summed E-state index contributed by atoms with van der Waals surface area (Å²) in [5.74, 6) is 0.00337. The summed E-state index contributed by atoms with van der Waals surface area (Å²) in [6, 6.07) is 1.28. The summed E-state index contributed by atoms with van der Waals surface area (Å²) in [6.45, 7) is 1.60. The first-order valence-electron chi connectivity index (χ1n) is 8.23. The van der Waals surface area contributed by atoms with Crippen LogP contribution in [0.1, 0.15) is 41.9 Å². The zero-order chi connectivity index (χ0) is 17.8. The average molecular weight is 354 g/mol. The number of aromatic nitrogens is 3. The largest absolute Gasteiger partial charge is 0.574 e. The van der Waals surface area contributed by atoms with Gasteiger partial charge in [-0.25, -0.2) is 4.98 Å². The van der Waals surface area contributed by atoms with Crippen molar-refractivity contribution in [2.24, 2.45) is 11.8 Å². The molecule has 4 rings (SSSR count). The predicted molar refractivity (Wildman–Crippen MR) is 81.1 cm³/mol. The van der Waals surface area contributed by atoms with E-state index < -0.39 is 18.1 Å². The zero-order valence-corrected chi connectivity index (χ0v) is 13.5. The van der Waals surface area contributed by atoms with E-state index in [2.05, 4.69) is 20.0 Å². The average Bonchev–Trinajstić information content (AvgIpc) is 3.40. The number of carbonyl (C=O) groups is 1. The SMILES string of the molecule is Cc1cc(OC(F)(F)F)nc2c(C(=O)NC(C3CC3)C3CC3)ncn12. The maximum Gasteiger partial charge on any atom is 0.574 e. The Kier molecular flexibility index (Phi) is 3.62. The highest BCUT2D eigenvalue weighted by atomic mass is 19.4. The lowest BCUT2D eigenvalue weighted by molar-refractivity contribution is -0.276. The Morgan fingerprint density at radius 3 is 2.52 bits per heavy atom. The van der Waals surface area contributed by atoms with Gasteiger partial charge in [-0.05, 0) is 44.4 Å². The molecule has 2 aromatic rings. The van der Waals surface area contributed by atoms with Crippen LogP contribution in [-0.2, 0) is 0 Å². The minimum Gasteiger partial charge on any atom is -0.388 e. The second-order valence-corrected chi connectivity index (χ2v) is 6.74. The molecule has 2 aliphatic carbocycles. The molecule has 0 atom stereocenters. The molecular formula is C16H17F3N4O2. The summed E-state index contributed by atoms with van der Waals surface area (Å²) in [5.41, 5.74) is 0.515. The first-order valence-corrected chi connectivity index (χ1v) is 8.23. The molecule has 2 aliphatic rings. The van der Waals surface area contributed by atoms with Crippen molar-refractivity contribution in [3.8, 4) is 5.88 Å². The van der Waals surface area contributed by atoms with Crippen LogP contribution >= 0.6 is 0 Å². The highest BCUT2D eigenvalue weighted by molar-refractivity contribution is 5.98. The molecule has 0 bridgehead atoms. The molecule has 134 valence electrons. The number of nitrogens with one attached hydrogen (secondary N) is 1. The van der Waals surface area contributed by atoms with Crippen LogP contribution in [0.2, 0.25) is 0 Å². The van der Waals surface area contributed by atoms with Crippen LogP contribution in [-0.4, -0.2) is 32.7 Å². The van der Waals surface area contributed by atoms with Gasteiger partial charge in [0.25, 0.3) is 5.91 Å². The van der Waals surface area contributed by atoms with Crippen LogP contribution in [0.5, 0.6) is 5.88 Å². The third-order valence-corrected chi connectivity index (χ3v) is 4.66. The van der Waals surface area contributed by atoms with Gasteiger partial charge in [0.15, 0.2) is 11.3 Å². The molecule has 0 radical (unpaired) electrons. The first kappa shape index (κ1) is 16.2. The third-order valence-electron chi connectivity index (χ3n) is 4.66. The van der Waals surface area contributed by atoms with E-state index in [0.717, 1.165) is 31.7 Å². The van der Waals surface area contributed by atoms with Gasteiger partial charge in [-0.3, -0.25) is 9.20 Å². The first-order chi connectivity index (χ1) is 11.8. The van der Waals surface area contributed by atoms with Gasteiger partial charge in [0.05, 0.1) is 0 Å². The van der Waals surface area contributed by atoms with Gasteiger partial charge < -0.3 is 10.1 Å². The number of hydrogen-bond acceptors (Lipinski definition) is 4. The summed E-state index contributed by atoms with van der Waals surface area (Å²) >= 11 is 0. The molecule has 0 aromatic carbocycles. The van der Waals surface area contributed by atoms with E-state index in [0.29, 0.717) is 17.5 Å². The van der Waals surface area contributed by atoms with Crippen molar-refractivity contribution >= 4 is 11.6 Å². The number of amides is 1. The lowest BCUT2D eigenvalue weighted by Gasteiger charge is -2.17. The smallest absolute Gasteiger partial charge is 0.388 e. The highest BCUT2D eigenvalue weighted by Crippen LogP contribution is 2.44. The van der Waals surface area contributed by atoms with Crippen LogP contribution in [0.15, 0.2) is 12.4 Å². The number of rotatable bonds is 5. The van der Waals surface area contributed by atoms with Crippen molar-refractivity contribution in [1.29, 1.82) is 0 Å². The Morgan fingerprint density at radius 1 is 1.32 bits per heavy atom. The van der Waals surface area contributed by atoms with Gasteiger partial charge in [0.1, 0.15) is 6.33 Å². The van der Waals surface area contributed by atoms with Crippen molar-refractivity contribution in [2.75, 3.05) is 0 Å². The van der Waals surface area contributed by atoms with Gasteiger partial charge in [-0.1, -0.05) is 0 Å². The van der Waals surface area contributed by atoms with Crippen LogP contribution in [0.3, 0.4) is 0 Å². The minimum absolute atomic E-state index is 0.0158. The summed E-state index contributed by atoms with van der Waals surface area (Å²) in [7, 11) is 0. The fraction of sp³-hybridized carbons (Fsp3) is 0.562. The molecule has 1 amide bonds. The summed E-state index contributed by atoms with van der Waals surface area (Å²) < 4.78 is 42.7. The van der Waals surface area contributed by atoms with Crippen LogP contribution < -0.4 is 10.1 Å². The van der Waals surface area contributed by atoms with Gasteiger partial charge in [-0.15, -0.1) is 13.2 Å². The van der Waals surface area contributed by atoms with Crippen molar-refractivity contribution in [1.82, 2.24) is 19.7 Å². The molecule has 2 heterocycles. The van der Waals surface area contributed by atoms with Gasteiger partial charge in [0, 0.05) is 17.8 Å². The molecule has 0 aliphatic heterocycles. The Morgan fingerprint density at radius 2 is 1.96 bits per heavy atom. The van der Waals surface area contributed by atoms with Crippen molar-refractivity contribution in [3.05, 3.63) is 23.8 Å². The minimum atomic E-state index is -4.84. The highest BCUT2D eigenvalue weighted by Gasteiger charge is 2.42. The maximum absolute atomic E-state index is 12.6. The number of ether oxygens (including phenoxy) is 1. The van der Waals surface area contributed by atoms with Crippen LogP contribution in [0.25, 0.3) is 5.65 Å². The standard InChI is InChI=1S/C16H17F3N4O2/c1-8-6-11(25-16(17,18)19)21-14-13(20-7-23(8)14)15(24)22-12(9-2-3-9)10-4-5-10/h6-7,9-10,12H,2-5H2,1H3,(H,22,24). The molecule has 0 spiro atoms. The Hall–Kier alpha value is -2.32. The van der Waals surface area contributed by atoms with E-state index in [9.17, 15) is 18.0 Å². The van der Waals surface area contributed by atoms with E-state index in [1.165, 1.54) is 10.7 Å². The van der Waals surface area contributed by atoms with Crippen molar-refractivity contribution < 1.29 is 22.7 Å². The fourth-order valence-corrected chi connectivity index (χ4v) is 3.17. The third kappa shape index (κ3) is 3.40. The van der Waals surface area contributed by atoms with E-state index in [4.69, 9.17) is 0 Å². The Balaban J connectivity index is 1.63. The van der Waals surface area contributed by atoms with Crippen LogP contribution in [0, 0.1) is 18.8 Å². The number of nitrogens with zero attached hydrogens (tertiary/aromatic N) is 3. The lowest BCUT2D eigenvalue weighted by Crippen LogP contribution is -2.38. The monoisotopic (exact) mass is 354 g/mol. The molecule has 2 aromatic heterocycles.